The van der Waals surface area contributed by atoms with Crippen molar-refractivity contribution in [2.24, 2.45) is 11.1 Å². The number of rotatable bonds is 7. The van der Waals surface area contributed by atoms with Gasteiger partial charge in [-0.1, -0.05) is 13.8 Å². The number of hydrogen-bond acceptors (Lipinski definition) is 4. The first kappa shape index (κ1) is 16.2. The molecule has 3 N–H and O–H groups in total. The lowest BCUT2D eigenvalue weighted by Gasteiger charge is -2.24. The minimum atomic E-state index is 0.182. The molecule has 1 aliphatic rings. The monoisotopic (exact) mass is 290 g/mol. The molecule has 0 aliphatic carbocycles. The van der Waals surface area contributed by atoms with Crippen LogP contribution in [0.1, 0.15) is 33.1 Å². The minimum absolute atomic E-state index is 0.182. The second-order valence-electron chi connectivity index (χ2n) is 5.57. The van der Waals surface area contributed by atoms with Crippen molar-refractivity contribution in [3.05, 3.63) is 0 Å². The van der Waals surface area contributed by atoms with Crippen LogP contribution in [0.5, 0.6) is 0 Å². The number of amides is 1. The van der Waals surface area contributed by atoms with Gasteiger partial charge in [0.1, 0.15) is 0 Å². The molecule has 5 heteroatoms. The van der Waals surface area contributed by atoms with E-state index in [9.17, 15) is 4.79 Å². The topological polar surface area (TPSA) is 55.1 Å². The minimum Gasteiger partial charge on any atom is -0.355 e. The summed E-state index contributed by atoms with van der Waals surface area (Å²) in [6.07, 6.45) is 2.52. The fourth-order valence-corrected chi connectivity index (χ4v) is 4.55. The van der Waals surface area contributed by atoms with Crippen LogP contribution in [0.4, 0.5) is 0 Å². The molecule has 0 spiro atoms. The summed E-state index contributed by atoms with van der Waals surface area (Å²) in [5.41, 5.74) is 5.75. The molecule has 1 unspecified atom stereocenters. The Morgan fingerprint density at radius 2 is 2.17 bits per heavy atom. The molecule has 1 fully saturated rings. The lowest BCUT2D eigenvalue weighted by molar-refractivity contribution is -0.121. The Morgan fingerprint density at radius 3 is 2.78 bits per heavy atom. The van der Waals surface area contributed by atoms with Crippen molar-refractivity contribution in [3.8, 4) is 0 Å². The van der Waals surface area contributed by atoms with Crippen molar-refractivity contribution in [1.29, 1.82) is 0 Å². The van der Waals surface area contributed by atoms with Crippen molar-refractivity contribution in [2.45, 2.75) is 38.4 Å². The highest BCUT2D eigenvalue weighted by atomic mass is 32.2. The molecule has 1 aliphatic heterocycles. The molecule has 0 aromatic carbocycles. The molecule has 0 saturated carbocycles. The molecule has 1 amide bonds. The molecule has 106 valence electrons. The molecule has 0 bridgehead atoms. The van der Waals surface area contributed by atoms with E-state index < -0.39 is 0 Å². The van der Waals surface area contributed by atoms with Crippen molar-refractivity contribution in [1.82, 2.24) is 5.32 Å². The summed E-state index contributed by atoms with van der Waals surface area (Å²) in [4.78, 5) is 11.8. The highest BCUT2D eigenvalue weighted by Gasteiger charge is 2.19. The number of thioether (sulfide) groups is 2. The van der Waals surface area contributed by atoms with Crippen LogP contribution in [-0.4, -0.2) is 41.5 Å². The van der Waals surface area contributed by atoms with Gasteiger partial charge in [-0.3, -0.25) is 4.79 Å². The maximum atomic E-state index is 11.8. The predicted octanol–water partition coefficient (Wildman–Crippen LogP) is 2.11. The van der Waals surface area contributed by atoms with Crippen LogP contribution in [0.15, 0.2) is 0 Å². The van der Waals surface area contributed by atoms with E-state index in [1.54, 1.807) is 0 Å². The lowest BCUT2D eigenvalue weighted by Crippen LogP contribution is -2.34. The van der Waals surface area contributed by atoms with Gasteiger partial charge in [0.15, 0.2) is 0 Å². The third-order valence-corrected chi connectivity index (χ3v) is 6.11. The molecule has 0 radical (unpaired) electrons. The largest absolute Gasteiger partial charge is 0.355 e. The van der Waals surface area contributed by atoms with Gasteiger partial charge >= 0.3 is 0 Å². The first-order valence-electron chi connectivity index (χ1n) is 6.69. The van der Waals surface area contributed by atoms with Gasteiger partial charge < -0.3 is 11.1 Å². The predicted molar refractivity (Wildman–Crippen MR) is 83.3 cm³/mol. The van der Waals surface area contributed by atoms with Crippen LogP contribution < -0.4 is 11.1 Å². The molecule has 3 nitrogen and oxygen atoms in total. The normalized spacial score (nSPS) is 20.7. The SMILES string of the molecule is CC(C)(CCN)CCC(=O)NCC1CSCCS1. The summed E-state index contributed by atoms with van der Waals surface area (Å²) >= 11 is 3.98. The van der Waals surface area contributed by atoms with Crippen LogP contribution in [0.25, 0.3) is 0 Å². The average Bonchev–Trinajstić information content (AvgIpc) is 2.35. The van der Waals surface area contributed by atoms with Gasteiger partial charge in [-0.05, 0) is 24.8 Å². The zero-order valence-corrected chi connectivity index (χ0v) is 13.2. The molecular formula is C13H26N2OS2. The molecule has 1 atom stereocenters. The second-order valence-corrected chi connectivity index (χ2v) is 8.13. The maximum absolute atomic E-state index is 11.8. The third kappa shape index (κ3) is 6.90. The maximum Gasteiger partial charge on any atom is 0.220 e. The molecule has 1 saturated heterocycles. The summed E-state index contributed by atoms with van der Waals surface area (Å²) < 4.78 is 0. The van der Waals surface area contributed by atoms with Gasteiger partial charge in [-0.25, -0.2) is 0 Å². The van der Waals surface area contributed by atoms with E-state index in [2.05, 4.69) is 19.2 Å². The van der Waals surface area contributed by atoms with Gasteiger partial charge in [0.2, 0.25) is 5.91 Å². The second kappa shape index (κ2) is 8.33. The van der Waals surface area contributed by atoms with E-state index in [1.807, 2.05) is 23.5 Å². The molecule has 1 heterocycles. The van der Waals surface area contributed by atoms with Crippen LogP contribution >= 0.6 is 23.5 Å². The van der Waals surface area contributed by atoms with Crippen molar-refractivity contribution >= 4 is 29.4 Å². The third-order valence-electron chi connectivity index (χ3n) is 3.26. The van der Waals surface area contributed by atoms with E-state index >= 15 is 0 Å². The Labute approximate surface area is 119 Å². The van der Waals surface area contributed by atoms with Crippen LogP contribution in [0.2, 0.25) is 0 Å². The van der Waals surface area contributed by atoms with E-state index in [4.69, 9.17) is 5.73 Å². The zero-order valence-electron chi connectivity index (χ0n) is 11.5. The lowest BCUT2D eigenvalue weighted by atomic mass is 9.84. The van der Waals surface area contributed by atoms with Crippen LogP contribution in [0.3, 0.4) is 0 Å². The summed E-state index contributed by atoms with van der Waals surface area (Å²) in [6.45, 7) is 5.89. The van der Waals surface area contributed by atoms with E-state index in [1.165, 1.54) is 17.3 Å². The highest BCUT2D eigenvalue weighted by Crippen LogP contribution is 2.26. The van der Waals surface area contributed by atoms with Gasteiger partial charge in [-0.15, -0.1) is 0 Å². The smallest absolute Gasteiger partial charge is 0.220 e. The van der Waals surface area contributed by atoms with E-state index in [0.717, 1.165) is 19.4 Å². The first-order chi connectivity index (χ1) is 8.53. The summed E-state index contributed by atoms with van der Waals surface area (Å²) in [5, 5.41) is 3.66. The summed E-state index contributed by atoms with van der Waals surface area (Å²) in [7, 11) is 0. The molecule has 0 aromatic rings. The molecular weight excluding hydrogens is 264 g/mol. The van der Waals surface area contributed by atoms with Gasteiger partial charge in [0, 0.05) is 35.5 Å². The Hall–Kier alpha value is 0.130. The van der Waals surface area contributed by atoms with Gasteiger partial charge in [0.25, 0.3) is 0 Å². The standard InChI is InChI=1S/C13H26N2OS2/c1-13(2,5-6-14)4-3-12(16)15-9-11-10-17-7-8-18-11/h11H,3-10,14H2,1-2H3,(H,15,16). The van der Waals surface area contributed by atoms with Crippen LogP contribution in [0, 0.1) is 5.41 Å². The van der Waals surface area contributed by atoms with Crippen LogP contribution in [-0.2, 0) is 4.79 Å². The Kier molecular flexibility index (Phi) is 7.49. The first-order valence-corrected chi connectivity index (χ1v) is 8.90. The number of carbonyl (C=O) groups is 1. The van der Waals surface area contributed by atoms with Crippen molar-refractivity contribution < 1.29 is 4.79 Å². The van der Waals surface area contributed by atoms with Crippen molar-refractivity contribution in [2.75, 3.05) is 30.3 Å². The Balaban J connectivity index is 2.13. The number of nitrogens with two attached hydrogens (primary N) is 1. The number of carbonyl (C=O) groups excluding carboxylic acids is 1. The zero-order chi connectivity index (χ0) is 13.4. The fraction of sp³-hybridized carbons (Fsp3) is 0.923. The highest BCUT2D eigenvalue weighted by molar-refractivity contribution is 8.06. The quantitative estimate of drug-likeness (QED) is 0.754. The molecule has 1 rings (SSSR count). The molecule has 0 aromatic heterocycles. The number of hydrogen-bond donors (Lipinski definition) is 2. The Bertz CT molecular complexity index is 253. The number of nitrogens with one attached hydrogen (secondary N) is 1. The fourth-order valence-electron chi connectivity index (χ4n) is 1.94. The van der Waals surface area contributed by atoms with E-state index in [-0.39, 0.29) is 11.3 Å². The van der Waals surface area contributed by atoms with Gasteiger partial charge in [0.05, 0.1) is 0 Å². The Morgan fingerprint density at radius 1 is 1.39 bits per heavy atom. The molecule has 18 heavy (non-hydrogen) atoms. The van der Waals surface area contributed by atoms with E-state index in [0.29, 0.717) is 18.2 Å². The summed E-state index contributed by atoms with van der Waals surface area (Å²) in [6, 6.07) is 0. The summed E-state index contributed by atoms with van der Waals surface area (Å²) in [5.74, 6) is 3.83. The van der Waals surface area contributed by atoms with Gasteiger partial charge in [-0.2, -0.15) is 23.5 Å². The average molecular weight is 290 g/mol. The van der Waals surface area contributed by atoms with Crippen molar-refractivity contribution in [3.63, 3.8) is 0 Å².